The predicted molar refractivity (Wildman–Crippen MR) is 107 cm³/mol. The number of nitrogens with one attached hydrogen (secondary N) is 3. The highest BCUT2D eigenvalue weighted by atomic mass is 16.2. The predicted octanol–water partition coefficient (Wildman–Crippen LogP) is 1.63. The first-order valence-corrected chi connectivity index (χ1v) is 9.71. The summed E-state index contributed by atoms with van der Waals surface area (Å²) in [5.74, 6) is 1.28. The Labute approximate surface area is 169 Å². The minimum absolute atomic E-state index is 0.0102. The lowest BCUT2D eigenvalue weighted by Gasteiger charge is -2.30. The van der Waals surface area contributed by atoms with E-state index >= 15 is 0 Å². The van der Waals surface area contributed by atoms with E-state index in [2.05, 4.69) is 21.9 Å². The SMILES string of the molecule is C#CCNC(=O)c1ccccc1NC(=O)CCN1C(=O)NC2(CCCCC2)C1=O. The third-order valence-electron chi connectivity index (χ3n) is 5.31. The fourth-order valence-electron chi connectivity index (χ4n) is 3.82. The molecule has 152 valence electrons. The zero-order valence-electron chi connectivity index (χ0n) is 16.1. The highest BCUT2D eigenvalue weighted by Crippen LogP contribution is 2.33. The minimum Gasteiger partial charge on any atom is -0.341 e. The Hall–Kier alpha value is -3.34. The summed E-state index contributed by atoms with van der Waals surface area (Å²) < 4.78 is 0. The second-order valence-corrected chi connectivity index (χ2v) is 7.26. The average Bonchev–Trinajstić information content (AvgIpc) is 2.94. The number of hydrogen-bond donors (Lipinski definition) is 3. The topological polar surface area (TPSA) is 108 Å². The standard InChI is InChI=1S/C21H24N4O4/c1-2-13-22-18(27)15-8-4-5-9-16(15)23-17(26)10-14-25-19(28)21(24-20(25)29)11-6-3-7-12-21/h1,4-5,8-9H,3,6-7,10-14H2,(H,22,27)(H,23,26)(H,24,29). The average molecular weight is 396 g/mol. The molecule has 2 aliphatic rings. The monoisotopic (exact) mass is 396 g/mol. The third kappa shape index (κ3) is 4.40. The molecule has 1 spiro atoms. The molecule has 1 aromatic carbocycles. The number of rotatable bonds is 6. The van der Waals surface area contributed by atoms with Crippen molar-refractivity contribution in [1.29, 1.82) is 0 Å². The molecule has 1 saturated heterocycles. The Balaban J connectivity index is 1.60. The molecule has 5 amide bonds. The van der Waals surface area contributed by atoms with E-state index in [0.29, 0.717) is 18.5 Å². The van der Waals surface area contributed by atoms with Gasteiger partial charge in [-0.05, 0) is 25.0 Å². The Morgan fingerprint density at radius 3 is 2.62 bits per heavy atom. The molecule has 0 aromatic heterocycles. The minimum atomic E-state index is -0.798. The largest absolute Gasteiger partial charge is 0.341 e. The van der Waals surface area contributed by atoms with Crippen LogP contribution in [-0.4, -0.2) is 47.3 Å². The molecule has 3 rings (SSSR count). The number of benzene rings is 1. The highest BCUT2D eigenvalue weighted by molar-refractivity contribution is 6.08. The van der Waals surface area contributed by atoms with E-state index in [1.165, 1.54) is 0 Å². The van der Waals surface area contributed by atoms with E-state index in [4.69, 9.17) is 6.42 Å². The summed E-state index contributed by atoms with van der Waals surface area (Å²) in [5, 5.41) is 8.05. The molecule has 1 aromatic rings. The third-order valence-corrected chi connectivity index (χ3v) is 5.31. The van der Waals surface area contributed by atoms with Crippen molar-refractivity contribution >= 4 is 29.4 Å². The Morgan fingerprint density at radius 1 is 1.17 bits per heavy atom. The molecule has 2 fully saturated rings. The smallest absolute Gasteiger partial charge is 0.325 e. The van der Waals surface area contributed by atoms with Crippen molar-refractivity contribution in [1.82, 2.24) is 15.5 Å². The normalized spacial score (nSPS) is 17.6. The molecule has 0 unspecified atom stereocenters. The van der Waals surface area contributed by atoms with Crippen LogP contribution < -0.4 is 16.0 Å². The number of carbonyl (C=O) groups is 4. The van der Waals surface area contributed by atoms with Crippen LogP contribution in [0.15, 0.2) is 24.3 Å². The first-order chi connectivity index (χ1) is 14.0. The van der Waals surface area contributed by atoms with Gasteiger partial charge in [0.2, 0.25) is 5.91 Å². The zero-order chi connectivity index (χ0) is 20.9. The lowest BCUT2D eigenvalue weighted by atomic mass is 9.82. The van der Waals surface area contributed by atoms with Gasteiger partial charge < -0.3 is 16.0 Å². The first-order valence-electron chi connectivity index (χ1n) is 9.71. The Morgan fingerprint density at radius 2 is 1.90 bits per heavy atom. The van der Waals surface area contributed by atoms with Gasteiger partial charge >= 0.3 is 6.03 Å². The number of urea groups is 1. The van der Waals surface area contributed by atoms with Crippen molar-refractivity contribution < 1.29 is 19.2 Å². The van der Waals surface area contributed by atoms with Gasteiger partial charge in [-0.3, -0.25) is 19.3 Å². The number of para-hydroxylation sites is 1. The second kappa shape index (κ2) is 8.78. The van der Waals surface area contributed by atoms with Crippen molar-refractivity contribution in [2.24, 2.45) is 0 Å². The van der Waals surface area contributed by atoms with Gasteiger partial charge in [0.1, 0.15) is 5.54 Å². The summed E-state index contributed by atoms with van der Waals surface area (Å²) in [7, 11) is 0. The van der Waals surface area contributed by atoms with Crippen LogP contribution in [0.25, 0.3) is 0 Å². The molecule has 0 radical (unpaired) electrons. The number of anilines is 1. The number of terminal acetylenes is 1. The van der Waals surface area contributed by atoms with Gasteiger partial charge in [0.05, 0.1) is 17.8 Å². The van der Waals surface area contributed by atoms with Crippen LogP contribution in [0.5, 0.6) is 0 Å². The van der Waals surface area contributed by atoms with Crippen LogP contribution >= 0.6 is 0 Å². The van der Waals surface area contributed by atoms with Gasteiger partial charge in [-0.1, -0.05) is 37.3 Å². The Bertz CT molecular complexity index is 868. The summed E-state index contributed by atoms with van der Waals surface area (Å²) >= 11 is 0. The quantitative estimate of drug-likeness (QED) is 0.502. The molecule has 1 saturated carbocycles. The highest BCUT2D eigenvalue weighted by Gasteiger charge is 2.51. The van der Waals surface area contributed by atoms with Gasteiger partial charge in [0.15, 0.2) is 0 Å². The maximum absolute atomic E-state index is 12.7. The van der Waals surface area contributed by atoms with E-state index in [1.54, 1.807) is 24.3 Å². The van der Waals surface area contributed by atoms with Gasteiger partial charge in [0.25, 0.3) is 11.8 Å². The van der Waals surface area contributed by atoms with Crippen molar-refractivity contribution in [2.75, 3.05) is 18.4 Å². The maximum Gasteiger partial charge on any atom is 0.325 e. The summed E-state index contributed by atoms with van der Waals surface area (Å²) in [6.07, 6.45) is 9.23. The maximum atomic E-state index is 12.7. The molecular weight excluding hydrogens is 372 g/mol. The van der Waals surface area contributed by atoms with Gasteiger partial charge in [-0.25, -0.2) is 4.79 Å². The molecule has 1 heterocycles. The summed E-state index contributed by atoms with van der Waals surface area (Å²) in [6.45, 7) is 0.0682. The molecule has 0 atom stereocenters. The fraction of sp³-hybridized carbons (Fsp3) is 0.429. The van der Waals surface area contributed by atoms with Crippen molar-refractivity contribution in [3.05, 3.63) is 29.8 Å². The second-order valence-electron chi connectivity index (χ2n) is 7.26. The molecule has 3 N–H and O–H groups in total. The summed E-state index contributed by atoms with van der Waals surface area (Å²) in [6, 6.07) is 6.10. The van der Waals surface area contributed by atoms with Gasteiger partial charge in [-0.15, -0.1) is 6.42 Å². The van der Waals surface area contributed by atoms with Crippen LogP contribution in [0, 0.1) is 12.3 Å². The molecule has 1 aliphatic heterocycles. The molecule has 1 aliphatic carbocycles. The van der Waals surface area contributed by atoms with Crippen LogP contribution in [-0.2, 0) is 9.59 Å². The lowest BCUT2D eigenvalue weighted by molar-refractivity contribution is -0.132. The van der Waals surface area contributed by atoms with E-state index in [-0.39, 0.29) is 31.0 Å². The number of carbonyl (C=O) groups excluding carboxylic acids is 4. The van der Waals surface area contributed by atoms with Crippen molar-refractivity contribution in [3.63, 3.8) is 0 Å². The molecule has 29 heavy (non-hydrogen) atoms. The van der Waals surface area contributed by atoms with E-state index in [0.717, 1.165) is 24.2 Å². The zero-order valence-corrected chi connectivity index (χ0v) is 16.1. The number of hydrogen-bond acceptors (Lipinski definition) is 4. The summed E-state index contributed by atoms with van der Waals surface area (Å²) in [4.78, 5) is 50.7. The van der Waals surface area contributed by atoms with Crippen molar-refractivity contribution in [2.45, 2.75) is 44.1 Å². The molecule has 8 heteroatoms. The van der Waals surface area contributed by atoms with Crippen LogP contribution in [0.4, 0.5) is 10.5 Å². The number of amides is 5. The van der Waals surface area contributed by atoms with Gasteiger partial charge in [0, 0.05) is 13.0 Å². The van der Waals surface area contributed by atoms with E-state index in [9.17, 15) is 19.2 Å². The Kier molecular flexibility index (Phi) is 6.17. The van der Waals surface area contributed by atoms with Crippen LogP contribution in [0.3, 0.4) is 0 Å². The lowest BCUT2D eigenvalue weighted by Crippen LogP contribution is -2.48. The van der Waals surface area contributed by atoms with E-state index in [1.807, 2.05) is 0 Å². The van der Waals surface area contributed by atoms with E-state index < -0.39 is 23.4 Å². The summed E-state index contributed by atoms with van der Waals surface area (Å²) in [5.41, 5.74) is -0.173. The number of imide groups is 1. The molecule has 8 nitrogen and oxygen atoms in total. The van der Waals surface area contributed by atoms with Crippen molar-refractivity contribution in [3.8, 4) is 12.3 Å². The van der Waals surface area contributed by atoms with Crippen LogP contribution in [0.2, 0.25) is 0 Å². The van der Waals surface area contributed by atoms with Crippen LogP contribution in [0.1, 0.15) is 48.9 Å². The molecular formula is C21H24N4O4. The molecule has 0 bridgehead atoms. The fourth-order valence-corrected chi connectivity index (χ4v) is 3.82. The first kappa shape index (κ1) is 20.4. The number of nitrogens with zero attached hydrogens (tertiary/aromatic N) is 1. The van der Waals surface area contributed by atoms with Gasteiger partial charge in [-0.2, -0.15) is 0 Å².